The number of amides is 2. The molecule has 5 nitrogen and oxygen atoms in total. The quantitative estimate of drug-likeness (QED) is 0.657. The van der Waals surface area contributed by atoms with Crippen LogP contribution in [0.3, 0.4) is 0 Å². The lowest BCUT2D eigenvalue weighted by atomic mass is 9.87. The van der Waals surface area contributed by atoms with Crippen molar-refractivity contribution < 1.29 is 14.5 Å². The minimum absolute atomic E-state index is 0.0899. The van der Waals surface area contributed by atoms with Crippen molar-refractivity contribution in [2.75, 3.05) is 20.1 Å². The highest BCUT2D eigenvalue weighted by Gasteiger charge is 2.27. The van der Waals surface area contributed by atoms with Crippen LogP contribution >= 0.6 is 0 Å². The molecule has 4 N–H and O–H groups in total. The molecule has 0 bridgehead atoms. The van der Waals surface area contributed by atoms with Crippen LogP contribution in [0, 0.1) is 0 Å². The smallest absolute Gasteiger partial charge is 0.275 e. The van der Waals surface area contributed by atoms with Crippen LogP contribution in [0.5, 0.6) is 0 Å². The van der Waals surface area contributed by atoms with E-state index in [9.17, 15) is 9.59 Å². The molecule has 1 aliphatic carbocycles. The van der Waals surface area contributed by atoms with E-state index in [1.807, 2.05) is 7.05 Å². The largest absolute Gasteiger partial charge is 0.368 e. The molecule has 1 aromatic carbocycles. The fourth-order valence-corrected chi connectivity index (χ4v) is 2.89. The average Bonchev–Trinajstić information content (AvgIpc) is 2.44. The van der Waals surface area contributed by atoms with E-state index < -0.39 is 5.91 Å². The predicted molar refractivity (Wildman–Crippen MR) is 76.1 cm³/mol. The predicted octanol–water partition coefficient (Wildman–Crippen LogP) is -0.820. The SMILES string of the molecule is C[NH+](CC(=O)NCC(N)=O)[C@H]1CCCc2ccccc21. The van der Waals surface area contributed by atoms with Gasteiger partial charge < -0.3 is 16.0 Å². The van der Waals surface area contributed by atoms with Crippen LogP contribution < -0.4 is 16.0 Å². The van der Waals surface area contributed by atoms with E-state index >= 15 is 0 Å². The number of aryl methyl sites for hydroxylation is 1. The average molecular weight is 276 g/mol. The summed E-state index contributed by atoms with van der Waals surface area (Å²) in [4.78, 5) is 23.6. The number of nitrogens with one attached hydrogen (secondary N) is 2. The van der Waals surface area contributed by atoms with E-state index in [0.717, 1.165) is 24.2 Å². The first-order chi connectivity index (χ1) is 9.58. The number of fused-ring (bicyclic) bond motifs is 1. The van der Waals surface area contributed by atoms with Gasteiger partial charge in [0.25, 0.3) is 5.91 Å². The number of hydrogen-bond donors (Lipinski definition) is 3. The highest BCUT2D eigenvalue weighted by Crippen LogP contribution is 2.27. The molecule has 0 spiro atoms. The van der Waals surface area contributed by atoms with Crippen LogP contribution in [-0.4, -0.2) is 32.0 Å². The maximum absolute atomic E-state index is 11.8. The van der Waals surface area contributed by atoms with Crippen molar-refractivity contribution in [2.24, 2.45) is 5.73 Å². The van der Waals surface area contributed by atoms with Gasteiger partial charge in [0, 0.05) is 12.0 Å². The zero-order valence-corrected chi connectivity index (χ0v) is 11.8. The highest BCUT2D eigenvalue weighted by molar-refractivity contribution is 5.84. The van der Waals surface area contributed by atoms with Gasteiger partial charge in [0.05, 0.1) is 13.6 Å². The summed E-state index contributed by atoms with van der Waals surface area (Å²) in [5.74, 6) is -0.650. The summed E-state index contributed by atoms with van der Waals surface area (Å²) in [5, 5.41) is 2.54. The lowest BCUT2D eigenvalue weighted by Crippen LogP contribution is -3.10. The molecular weight excluding hydrogens is 254 g/mol. The van der Waals surface area contributed by atoms with Crippen LogP contribution in [0.1, 0.15) is 30.0 Å². The van der Waals surface area contributed by atoms with Crippen molar-refractivity contribution in [3.8, 4) is 0 Å². The number of nitrogens with two attached hydrogens (primary N) is 1. The number of primary amides is 1. The number of rotatable bonds is 5. The summed E-state index contributed by atoms with van der Waals surface area (Å²) in [5.41, 5.74) is 7.75. The molecular formula is C15H22N3O2+. The first-order valence-corrected chi connectivity index (χ1v) is 7.03. The Morgan fingerprint density at radius 1 is 1.40 bits per heavy atom. The molecule has 0 fully saturated rings. The normalized spacial score (nSPS) is 18.9. The topological polar surface area (TPSA) is 76.6 Å². The lowest BCUT2D eigenvalue weighted by molar-refractivity contribution is -0.905. The number of carbonyl (C=O) groups is 2. The molecule has 0 radical (unpaired) electrons. The molecule has 0 aliphatic heterocycles. The molecule has 1 aromatic rings. The highest BCUT2D eigenvalue weighted by atomic mass is 16.2. The van der Waals surface area contributed by atoms with E-state index in [0.29, 0.717) is 12.6 Å². The Morgan fingerprint density at radius 2 is 2.15 bits per heavy atom. The Balaban J connectivity index is 1.98. The fraction of sp³-hybridized carbons (Fsp3) is 0.467. The van der Waals surface area contributed by atoms with Crippen molar-refractivity contribution in [3.63, 3.8) is 0 Å². The number of hydrogen-bond acceptors (Lipinski definition) is 2. The number of quaternary nitrogens is 1. The molecule has 0 heterocycles. The first-order valence-electron chi connectivity index (χ1n) is 7.03. The maximum atomic E-state index is 11.8. The third-order valence-electron chi connectivity index (χ3n) is 3.86. The standard InChI is InChI=1S/C15H21N3O2/c1-18(10-15(20)17-9-14(16)19)13-8-4-6-11-5-2-3-7-12(11)13/h2-3,5,7,13H,4,6,8-10H2,1H3,(H2,16,19)(H,17,20)/p+1/t13-/m0/s1. The van der Waals surface area contributed by atoms with Crippen molar-refractivity contribution in [3.05, 3.63) is 35.4 Å². The summed E-state index contributed by atoms with van der Waals surface area (Å²) in [7, 11) is 2.02. The van der Waals surface area contributed by atoms with Gasteiger partial charge >= 0.3 is 0 Å². The second kappa shape index (κ2) is 6.52. The van der Waals surface area contributed by atoms with Gasteiger partial charge in [0.1, 0.15) is 6.04 Å². The van der Waals surface area contributed by atoms with Crippen LogP contribution in [0.4, 0.5) is 0 Å². The van der Waals surface area contributed by atoms with Crippen LogP contribution in [0.15, 0.2) is 24.3 Å². The van der Waals surface area contributed by atoms with Crippen LogP contribution in [0.2, 0.25) is 0 Å². The zero-order chi connectivity index (χ0) is 14.5. The molecule has 108 valence electrons. The lowest BCUT2D eigenvalue weighted by Gasteiger charge is -2.30. The summed E-state index contributed by atoms with van der Waals surface area (Å²) >= 11 is 0. The molecule has 2 atom stereocenters. The van der Waals surface area contributed by atoms with Crippen LogP contribution in [-0.2, 0) is 16.0 Å². The molecule has 2 amide bonds. The Labute approximate surface area is 119 Å². The Hall–Kier alpha value is -1.88. The van der Waals surface area contributed by atoms with Gasteiger partial charge in [-0.15, -0.1) is 0 Å². The van der Waals surface area contributed by atoms with Gasteiger partial charge in [-0.25, -0.2) is 0 Å². The third-order valence-corrected chi connectivity index (χ3v) is 3.86. The van der Waals surface area contributed by atoms with Gasteiger partial charge in [-0.1, -0.05) is 24.3 Å². The molecule has 20 heavy (non-hydrogen) atoms. The molecule has 1 unspecified atom stereocenters. The summed E-state index contributed by atoms with van der Waals surface area (Å²) in [6.45, 7) is 0.264. The molecule has 0 aromatic heterocycles. The molecule has 0 saturated carbocycles. The Kier molecular flexibility index (Phi) is 4.74. The maximum Gasteiger partial charge on any atom is 0.275 e. The monoisotopic (exact) mass is 276 g/mol. The summed E-state index contributed by atoms with van der Waals surface area (Å²) in [6.07, 6.45) is 3.36. The number of likely N-dealkylation sites (N-methyl/N-ethyl adjacent to an activating group) is 1. The van der Waals surface area contributed by atoms with Crippen molar-refractivity contribution >= 4 is 11.8 Å². The minimum Gasteiger partial charge on any atom is -0.368 e. The van der Waals surface area contributed by atoms with Crippen molar-refractivity contribution in [2.45, 2.75) is 25.3 Å². The van der Waals surface area contributed by atoms with E-state index in [2.05, 4.69) is 29.6 Å². The molecule has 2 rings (SSSR count). The van der Waals surface area contributed by atoms with E-state index in [-0.39, 0.29) is 12.5 Å². The van der Waals surface area contributed by atoms with Crippen LogP contribution in [0.25, 0.3) is 0 Å². The van der Waals surface area contributed by atoms with Gasteiger partial charge in [-0.3, -0.25) is 9.59 Å². The van der Waals surface area contributed by atoms with E-state index in [1.54, 1.807) is 0 Å². The van der Waals surface area contributed by atoms with E-state index in [4.69, 9.17) is 5.73 Å². The number of carbonyl (C=O) groups excluding carboxylic acids is 2. The molecule has 5 heteroatoms. The van der Waals surface area contributed by atoms with Crippen molar-refractivity contribution in [1.29, 1.82) is 0 Å². The first kappa shape index (κ1) is 14.5. The Morgan fingerprint density at radius 3 is 2.90 bits per heavy atom. The fourth-order valence-electron chi connectivity index (χ4n) is 2.89. The minimum atomic E-state index is -0.515. The van der Waals surface area contributed by atoms with Gasteiger partial charge in [-0.2, -0.15) is 0 Å². The van der Waals surface area contributed by atoms with Gasteiger partial charge in [0.15, 0.2) is 6.54 Å². The second-order valence-electron chi connectivity index (χ2n) is 5.41. The van der Waals surface area contributed by atoms with Crippen molar-refractivity contribution in [1.82, 2.24) is 5.32 Å². The Bertz CT molecular complexity index is 502. The third kappa shape index (κ3) is 3.57. The van der Waals surface area contributed by atoms with Gasteiger partial charge in [-0.05, 0) is 18.4 Å². The zero-order valence-electron chi connectivity index (χ0n) is 11.8. The summed E-state index contributed by atoms with van der Waals surface area (Å²) < 4.78 is 0. The van der Waals surface area contributed by atoms with Gasteiger partial charge in [0.2, 0.25) is 5.91 Å². The number of benzene rings is 1. The molecule has 1 aliphatic rings. The molecule has 0 saturated heterocycles. The van der Waals surface area contributed by atoms with E-state index in [1.165, 1.54) is 11.1 Å². The second-order valence-corrected chi connectivity index (χ2v) is 5.41. The summed E-state index contributed by atoms with van der Waals surface area (Å²) in [6, 6.07) is 8.79.